The van der Waals surface area contributed by atoms with Gasteiger partial charge in [0, 0.05) is 19.1 Å². The molecular formula is C14H28N2. The maximum Gasteiger partial charge on any atom is 0.0195 e. The van der Waals surface area contributed by atoms with E-state index in [2.05, 4.69) is 30.6 Å². The average Bonchev–Trinajstić information content (AvgIpc) is 2.27. The van der Waals surface area contributed by atoms with Crippen molar-refractivity contribution in [3.05, 3.63) is 12.2 Å². The Kier molecular flexibility index (Phi) is 6.74. The van der Waals surface area contributed by atoms with Crippen LogP contribution in [0.3, 0.4) is 0 Å². The van der Waals surface area contributed by atoms with Crippen molar-refractivity contribution < 1.29 is 0 Å². The molecule has 16 heavy (non-hydrogen) atoms. The van der Waals surface area contributed by atoms with Crippen LogP contribution in [0.15, 0.2) is 12.2 Å². The summed E-state index contributed by atoms with van der Waals surface area (Å²) in [6, 6.07) is 0.727. The fraction of sp³-hybridized carbons (Fsp3) is 0.857. The quantitative estimate of drug-likeness (QED) is 0.669. The van der Waals surface area contributed by atoms with Crippen LogP contribution in [0.4, 0.5) is 0 Å². The second-order valence-electron chi connectivity index (χ2n) is 5.15. The van der Waals surface area contributed by atoms with Gasteiger partial charge in [0.2, 0.25) is 0 Å². The number of hydrogen-bond donors (Lipinski definition) is 1. The van der Waals surface area contributed by atoms with E-state index >= 15 is 0 Å². The lowest BCUT2D eigenvalue weighted by Gasteiger charge is -2.30. The standard InChI is InChI=1S/C14H28N2/c1-4-10-16(11-8-13(2)3)12-14-7-5-6-9-15-14/h14-15H,2,4-12H2,1,3H3. The first kappa shape index (κ1) is 13.7. The van der Waals surface area contributed by atoms with Crippen LogP contribution in [0, 0.1) is 0 Å². The first-order valence-corrected chi connectivity index (χ1v) is 6.82. The van der Waals surface area contributed by atoms with Crippen LogP contribution >= 0.6 is 0 Å². The summed E-state index contributed by atoms with van der Waals surface area (Å²) < 4.78 is 0. The number of rotatable bonds is 7. The predicted octanol–water partition coefficient (Wildman–Crippen LogP) is 2.81. The van der Waals surface area contributed by atoms with Gasteiger partial charge in [-0.05, 0) is 45.7 Å². The van der Waals surface area contributed by atoms with Crippen molar-refractivity contribution in [3.63, 3.8) is 0 Å². The molecule has 2 heteroatoms. The van der Waals surface area contributed by atoms with Crippen LogP contribution in [0.2, 0.25) is 0 Å². The molecule has 1 N–H and O–H groups in total. The molecule has 1 heterocycles. The van der Waals surface area contributed by atoms with E-state index in [1.165, 1.54) is 57.4 Å². The molecule has 0 bridgehead atoms. The molecule has 0 saturated carbocycles. The van der Waals surface area contributed by atoms with E-state index in [1.54, 1.807) is 0 Å². The number of nitrogens with zero attached hydrogens (tertiary/aromatic N) is 1. The van der Waals surface area contributed by atoms with E-state index in [9.17, 15) is 0 Å². The Balaban J connectivity index is 2.27. The lowest BCUT2D eigenvalue weighted by atomic mass is 10.0. The first-order valence-electron chi connectivity index (χ1n) is 6.82. The van der Waals surface area contributed by atoms with Crippen LogP contribution in [0.25, 0.3) is 0 Å². The maximum atomic E-state index is 3.99. The van der Waals surface area contributed by atoms with Gasteiger partial charge in [-0.1, -0.05) is 18.9 Å². The number of hydrogen-bond acceptors (Lipinski definition) is 2. The maximum absolute atomic E-state index is 3.99. The summed E-state index contributed by atoms with van der Waals surface area (Å²) in [5.41, 5.74) is 1.30. The minimum absolute atomic E-state index is 0.727. The molecule has 0 aliphatic carbocycles. The van der Waals surface area contributed by atoms with Crippen molar-refractivity contribution in [2.75, 3.05) is 26.2 Å². The zero-order chi connectivity index (χ0) is 11.8. The molecule has 0 aromatic heterocycles. The lowest BCUT2D eigenvalue weighted by molar-refractivity contribution is 0.226. The van der Waals surface area contributed by atoms with E-state index < -0.39 is 0 Å². The van der Waals surface area contributed by atoms with Crippen molar-refractivity contribution in [1.29, 1.82) is 0 Å². The fourth-order valence-electron chi connectivity index (χ4n) is 2.35. The molecule has 1 unspecified atom stereocenters. The predicted molar refractivity (Wildman–Crippen MR) is 71.8 cm³/mol. The molecule has 94 valence electrons. The molecule has 0 aromatic rings. The van der Waals surface area contributed by atoms with E-state index in [0.29, 0.717) is 0 Å². The highest BCUT2D eigenvalue weighted by atomic mass is 15.1. The zero-order valence-corrected chi connectivity index (χ0v) is 11.1. The Morgan fingerprint density at radius 2 is 2.19 bits per heavy atom. The molecule has 1 fully saturated rings. The topological polar surface area (TPSA) is 15.3 Å². The van der Waals surface area contributed by atoms with Crippen molar-refractivity contribution in [1.82, 2.24) is 10.2 Å². The molecule has 0 spiro atoms. The van der Waals surface area contributed by atoms with Gasteiger partial charge in [0.05, 0.1) is 0 Å². The van der Waals surface area contributed by atoms with Crippen molar-refractivity contribution in [2.24, 2.45) is 0 Å². The van der Waals surface area contributed by atoms with Gasteiger partial charge in [0.1, 0.15) is 0 Å². The number of nitrogens with one attached hydrogen (secondary N) is 1. The highest BCUT2D eigenvalue weighted by Gasteiger charge is 2.15. The highest BCUT2D eigenvalue weighted by Crippen LogP contribution is 2.10. The minimum Gasteiger partial charge on any atom is -0.313 e. The van der Waals surface area contributed by atoms with E-state index in [1.807, 2.05) is 0 Å². The van der Waals surface area contributed by atoms with Crippen LogP contribution < -0.4 is 5.32 Å². The summed E-state index contributed by atoms with van der Waals surface area (Å²) in [5, 5.41) is 3.63. The van der Waals surface area contributed by atoms with Gasteiger partial charge in [-0.15, -0.1) is 6.58 Å². The van der Waals surface area contributed by atoms with Gasteiger partial charge < -0.3 is 10.2 Å². The van der Waals surface area contributed by atoms with Crippen LogP contribution in [-0.2, 0) is 0 Å². The van der Waals surface area contributed by atoms with Crippen molar-refractivity contribution >= 4 is 0 Å². The second kappa shape index (κ2) is 7.86. The van der Waals surface area contributed by atoms with Gasteiger partial charge in [-0.25, -0.2) is 0 Å². The summed E-state index contributed by atoms with van der Waals surface area (Å²) in [4.78, 5) is 2.59. The smallest absolute Gasteiger partial charge is 0.0195 e. The zero-order valence-electron chi connectivity index (χ0n) is 11.1. The SMILES string of the molecule is C=C(C)CCN(CCC)CC1CCCCN1. The molecular weight excluding hydrogens is 196 g/mol. The second-order valence-corrected chi connectivity index (χ2v) is 5.15. The molecule has 1 rings (SSSR count). The third-order valence-electron chi connectivity index (χ3n) is 3.29. The van der Waals surface area contributed by atoms with Crippen LogP contribution in [-0.4, -0.2) is 37.1 Å². The summed E-state index contributed by atoms with van der Waals surface area (Å²) in [6.07, 6.45) is 6.51. The summed E-state index contributed by atoms with van der Waals surface area (Å²) >= 11 is 0. The molecule has 0 radical (unpaired) electrons. The summed E-state index contributed by atoms with van der Waals surface area (Å²) in [5.74, 6) is 0. The van der Waals surface area contributed by atoms with Crippen molar-refractivity contribution in [3.8, 4) is 0 Å². The molecule has 1 atom stereocenters. The molecule has 0 amide bonds. The molecule has 1 aliphatic heterocycles. The van der Waals surface area contributed by atoms with Gasteiger partial charge in [-0.3, -0.25) is 0 Å². The van der Waals surface area contributed by atoms with Gasteiger partial charge >= 0.3 is 0 Å². The Morgan fingerprint density at radius 3 is 2.75 bits per heavy atom. The molecule has 2 nitrogen and oxygen atoms in total. The normalized spacial score (nSPS) is 21.3. The molecule has 1 aliphatic rings. The monoisotopic (exact) mass is 224 g/mol. The fourth-order valence-corrected chi connectivity index (χ4v) is 2.35. The van der Waals surface area contributed by atoms with E-state index in [-0.39, 0.29) is 0 Å². The van der Waals surface area contributed by atoms with Crippen LogP contribution in [0.5, 0.6) is 0 Å². The third kappa shape index (κ3) is 5.66. The van der Waals surface area contributed by atoms with E-state index in [4.69, 9.17) is 0 Å². The lowest BCUT2D eigenvalue weighted by Crippen LogP contribution is -2.44. The Morgan fingerprint density at radius 1 is 1.38 bits per heavy atom. The average molecular weight is 224 g/mol. The largest absolute Gasteiger partial charge is 0.313 e. The highest BCUT2D eigenvalue weighted by molar-refractivity contribution is 4.89. The summed E-state index contributed by atoms with van der Waals surface area (Å²) in [7, 11) is 0. The van der Waals surface area contributed by atoms with Gasteiger partial charge in [0.15, 0.2) is 0 Å². The van der Waals surface area contributed by atoms with Crippen molar-refractivity contribution in [2.45, 2.75) is 52.0 Å². The minimum atomic E-state index is 0.727. The Hall–Kier alpha value is -0.340. The van der Waals surface area contributed by atoms with E-state index in [0.717, 1.165) is 12.5 Å². The third-order valence-corrected chi connectivity index (χ3v) is 3.29. The van der Waals surface area contributed by atoms with Gasteiger partial charge in [-0.2, -0.15) is 0 Å². The Labute approximate surface area is 101 Å². The van der Waals surface area contributed by atoms with Gasteiger partial charge in [0.25, 0.3) is 0 Å². The van der Waals surface area contributed by atoms with Crippen LogP contribution in [0.1, 0.15) is 46.0 Å². The summed E-state index contributed by atoms with van der Waals surface area (Å²) in [6.45, 7) is 13.2. The molecule has 0 aromatic carbocycles. The number of piperidine rings is 1. The molecule has 1 saturated heterocycles. The first-order chi connectivity index (χ1) is 7.72. The Bertz CT molecular complexity index is 195.